The van der Waals surface area contributed by atoms with Crippen LogP contribution >= 0.6 is 0 Å². The Kier molecular flexibility index (Phi) is 5.25. The van der Waals surface area contributed by atoms with Crippen LogP contribution in [0.2, 0.25) is 0 Å². The number of fused-ring (bicyclic) bond motifs is 1. The Morgan fingerprint density at radius 3 is 2.67 bits per heavy atom. The molecular formula is C19H16FN3O4. The number of ether oxygens (including phenoxy) is 1. The molecule has 0 saturated heterocycles. The highest BCUT2D eigenvalue weighted by molar-refractivity contribution is 5.95. The maximum absolute atomic E-state index is 13.6. The van der Waals surface area contributed by atoms with Crippen molar-refractivity contribution in [2.45, 2.75) is 19.6 Å². The smallest absolute Gasteiger partial charge is 0.326 e. The number of nitrogens with one attached hydrogen (secondary N) is 1. The summed E-state index contributed by atoms with van der Waals surface area (Å²) in [6, 6.07) is 12.4. The third-order valence-electron chi connectivity index (χ3n) is 3.84. The zero-order valence-corrected chi connectivity index (χ0v) is 14.4. The van der Waals surface area contributed by atoms with Crippen molar-refractivity contribution in [3.05, 3.63) is 71.0 Å². The number of amides is 1. The summed E-state index contributed by atoms with van der Waals surface area (Å²) in [4.78, 5) is 40.6. The van der Waals surface area contributed by atoms with Gasteiger partial charge in [0.05, 0.1) is 22.9 Å². The quantitative estimate of drug-likeness (QED) is 0.696. The van der Waals surface area contributed by atoms with Gasteiger partial charge in [0.2, 0.25) is 0 Å². The Morgan fingerprint density at radius 1 is 1.19 bits per heavy atom. The Bertz CT molecular complexity index is 1060. The van der Waals surface area contributed by atoms with Crippen molar-refractivity contribution >= 4 is 28.5 Å². The van der Waals surface area contributed by atoms with Crippen LogP contribution in [0.15, 0.2) is 59.7 Å². The van der Waals surface area contributed by atoms with Crippen LogP contribution in [0.1, 0.15) is 6.92 Å². The molecule has 1 atom stereocenters. The Morgan fingerprint density at radius 2 is 1.89 bits per heavy atom. The van der Waals surface area contributed by atoms with E-state index in [0.29, 0.717) is 10.9 Å². The summed E-state index contributed by atoms with van der Waals surface area (Å²) >= 11 is 0. The van der Waals surface area contributed by atoms with Gasteiger partial charge in [-0.15, -0.1) is 0 Å². The van der Waals surface area contributed by atoms with Gasteiger partial charge in [0.1, 0.15) is 12.4 Å². The van der Waals surface area contributed by atoms with Crippen molar-refractivity contribution in [1.82, 2.24) is 9.55 Å². The average molecular weight is 369 g/mol. The highest BCUT2D eigenvalue weighted by Crippen LogP contribution is 2.13. The maximum Gasteiger partial charge on any atom is 0.326 e. The molecule has 7 nitrogen and oxygen atoms in total. The Balaban J connectivity index is 1.65. The van der Waals surface area contributed by atoms with E-state index in [4.69, 9.17) is 4.74 Å². The van der Waals surface area contributed by atoms with Crippen LogP contribution in [0.3, 0.4) is 0 Å². The number of carbonyl (C=O) groups is 2. The molecule has 0 unspecified atom stereocenters. The van der Waals surface area contributed by atoms with Gasteiger partial charge in [0, 0.05) is 0 Å². The largest absolute Gasteiger partial charge is 0.451 e. The number of benzene rings is 2. The molecule has 0 fully saturated rings. The number of aromatic nitrogens is 2. The number of hydrogen-bond donors (Lipinski definition) is 1. The van der Waals surface area contributed by atoms with Gasteiger partial charge in [-0.05, 0) is 31.2 Å². The predicted octanol–water partition coefficient (Wildman–Crippen LogP) is 2.11. The molecule has 3 aromatic rings. The van der Waals surface area contributed by atoms with E-state index in [-0.39, 0.29) is 11.2 Å². The summed E-state index contributed by atoms with van der Waals surface area (Å²) in [5.41, 5.74) is 0.117. The molecule has 1 heterocycles. The van der Waals surface area contributed by atoms with Crippen molar-refractivity contribution in [2.24, 2.45) is 0 Å². The van der Waals surface area contributed by atoms with Crippen LogP contribution in [0, 0.1) is 5.82 Å². The number of anilines is 1. The van der Waals surface area contributed by atoms with Crippen molar-refractivity contribution in [1.29, 1.82) is 0 Å². The molecule has 3 rings (SSSR count). The summed E-state index contributed by atoms with van der Waals surface area (Å²) in [5, 5.41) is 2.72. The molecule has 2 aromatic carbocycles. The molecule has 0 spiro atoms. The minimum Gasteiger partial charge on any atom is -0.451 e. The molecule has 0 aliphatic heterocycles. The van der Waals surface area contributed by atoms with Gasteiger partial charge in [-0.3, -0.25) is 19.0 Å². The fourth-order valence-corrected chi connectivity index (χ4v) is 2.44. The van der Waals surface area contributed by atoms with E-state index >= 15 is 0 Å². The van der Waals surface area contributed by atoms with Gasteiger partial charge in [0.25, 0.3) is 11.5 Å². The highest BCUT2D eigenvalue weighted by Gasteiger charge is 2.19. The fourth-order valence-electron chi connectivity index (χ4n) is 2.44. The molecule has 1 N–H and O–H groups in total. The summed E-state index contributed by atoms with van der Waals surface area (Å²) in [5.74, 6) is -2.07. The molecule has 138 valence electrons. The first kappa shape index (κ1) is 18.2. The third-order valence-corrected chi connectivity index (χ3v) is 3.84. The van der Waals surface area contributed by atoms with Crippen molar-refractivity contribution in [3.63, 3.8) is 0 Å². The van der Waals surface area contributed by atoms with Crippen LogP contribution in [-0.4, -0.2) is 27.5 Å². The number of hydrogen-bond acceptors (Lipinski definition) is 5. The Labute approximate surface area is 153 Å². The van der Waals surface area contributed by atoms with Crippen molar-refractivity contribution in [3.8, 4) is 0 Å². The second-order valence-corrected chi connectivity index (χ2v) is 5.80. The minimum atomic E-state index is -1.17. The normalized spacial score (nSPS) is 11.8. The zero-order chi connectivity index (χ0) is 19.4. The van der Waals surface area contributed by atoms with E-state index in [0.717, 1.165) is 4.57 Å². The lowest BCUT2D eigenvalue weighted by Gasteiger charge is -2.14. The lowest BCUT2D eigenvalue weighted by molar-refractivity contribution is -0.153. The van der Waals surface area contributed by atoms with Gasteiger partial charge >= 0.3 is 5.97 Å². The fraction of sp³-hybridized carbons (Fsp3) is 0.158. The highest BCUT2D eigenvalue weighted by atomic mass is 19.1. The molecule has 1 aromatic heterocycles. The second-order valence-electron chi connectivity index (χ2n) is 5.80. The zero-order valence-electron chi connectivity index (χ0n) is 14.4. The van der Waals surface area contributed by atoms with Crippen LogP contribution in [0.25, 0.3) is 10.9 Å². The summed E-state index contributed by atoms with van der Waals surface area (Å²) < 4.78 is 19.7. The van der Waals surface area contributed by atoms with Gasteiger partial charge in [0.15, 0.2) is 6.10 Å². The number of nitrogens with zero attached hydrogens (tertiary/aromatic N) is 2. The van der Waals surface area contributed by atoms with Gasteiger partial charge in [-0.2, -0.15) is 0 Å². The molecule has 8 heteroatoms. The first-order chi connectivity index (χ1) is 13.0. The lowest BCUT2D eigenvalue weighted by atomic mass is 10.2. The molecule has 0 aliphatic carbocycles. The molecule has 0 aliphatic rings. The lowest BCUT2D eigenvalue weighted by Crippen LogP contribution is -2.33. The van der Waals surface area contributed by atoms with Gasteiger partial charge < -0.3 is 10.1 Å². The number of para-hydroxylation sites is 2. The average Bonchev–Trinajstić information content (AvgIpc) is 2.66. The van der Waals surface area contributed by atoms with Crippen LogP contribution < -0.4 is 10.9 Å². The maximum atomic E-state index is 13.6. The van der Waals surface area contributed by atoms with Gasteiger partial charge in [-0.25, -0.2) is 9.37 Å². The number of rotatable bonds is 5. The number of esters is 1. The molecule has 0 saturated carbocycles. The van der Waals surface area contributed by atoms with Crippen LogP contribution in [0.4, 0.5) is 10.1 Å². The number of carbonyl (C=O) groups excluding carboxylic acids is 2. The van der Waals surface area contributed by atoms with E-state index in [1.165, 1.54) is 31.5 Å². The topological polar surface area (TPSA) is 90.3 Å². The first-order valence-corrected chi connectivity index (χ1v) is 8.15. The van der Waals surface area contributed by atoms with E-state index in [2.05, 4.69) is 10.3 Å². The molecule has 0 radical (unpaired) electrons. The molecule has 1 amide bonds. The molecular weight excluding hydrogens is 353 g/mol. The van der Waals surface area contributed by atoms with Crippen LogP contribution in [-0.2, 0) is 20.9 Å². The third kappa shape index (κ3) is 4.17. The standard InChI is InChI=1S/C19H16FN3O4/c1-12(18(25)22-16-9-5-3-7-14(16)20)27-17(24)10-23-11-21-15-8-4-2-6-13(15)19(23)26/h2-9,11-12H,10H2,1H3,(H,22,25)/t12-/m1/s1. The summed E-state index contributed by atoms with van der Waals surface area (Å²) in [6.07, 6.45) is 0.0805. The van der Waals surface area contributed by atoms with E-state index in [1.54, 1.807) is 30.3 Å². The Hall–Kier alpha value is -3.55. The van der Waals surface area contributed by atoms with Gasteiger partial charge in [-0.1, -0.05) is 24.3 Å². The molecule has 0 bridgehead atoms. The van der Waals surface area contributed by atoms with E-state index in [9.17, 15) is 18.8 Å². The second kappa shape index (κ2) is 7.77. The van der Waals surface area contributed by atoms with Crippen molar-refractivity contribution in [2.75, 3.05) is 5.32 Å². The predicted molar refractivity (Wildman–Crippen MR) is 96.6 cm³/mol. The molecule has 27 heavy (non-hydrogen) atoms. The number of halogens is 1. The van der Waals surface area contributed by atoms with Crippen molar-refractivity contribution < 1.29 is 18.7 Å². The monoisotopic (exact) mass is 369 g/mol. The minimum absolute atomic E-state index is 0.0136. The van der Waals surface area contributed by atoms with E-state index < -0.39 is 30.3 Å². The summed E-state index contributed by atoms with van der Waals surface area (Å²) in [7, 11) is 0. The van der Waals surface area contributed by atoms with E-state index in [1.807, 2.05) is 0 Å². The summed E-state index contributed by atoms with van der Waals surface area (Å²) in [6.45, 7) is 0.962. The SMILES string of the molecule is C[C@@H](OC(=O)Cn1cnc2ccccc2c1=O)C(=O)Nc1ccccc1F. The van der Waals surface area contributed by atoms with Crippen LogP contribution in [0.5, 0.6) is 0 Å². The first-order valence-electron chi connectivity index (χ1n) is 8.15.